The second-order valence-corrected chi connectivity index (χ2v) is 5.35. The lowest BCUT2D eigenvalue weighted by Gasteiger charge is -2.12. The normalized spacial score (nSPS) is 10.2. The molecule has 0 amide bonds. The smallest absolute Gasteiger partial charge is 0.175 e. The zero-order valence-electron chi connectivity index (χ0n) is 11.1. The van der Waals surface area contributed by atoms with Crippen LogP contribution in [0.5, 0.6) is 0 Å². The SMILES string of the molecule is Cc1ccc(NC(=S)Nc2ccc(Cl)cc2F)cc1C. The fourth-order valence-electron chi connectivity index (χ4n) is 1.69. The van der Waals surface area contributed by atoms with Crippen LogP contribution in [0.4, 0.5) is 15.8 Å². The fraction of sp³-hybridized carbons (Fsp3) is 0.133. The summed E-state index contributed by atoms with van der Waals surface area (Å²) in [6.45, 7) is 4.06. The van der Waals surface area contributed by atoms with E-state index in [1.807, 2.05) is 32.0 Å². The lowest BCUT2D eigenvalue weighted by molar-refractivity contribution is 0.632. The van der Waals surface area contributed by atoms with Gasteiger partial charge in [0.15, 0.2) is 5.11 Å². The molecule has 0 aromatic heterocycles. The van der Waals surface area contributed by atoms with Crippen LogP contribution in [0.1, 0.15) is 11.1 Å². The van der Waals surface area contributed by atoms with E-state index in [4.69, 9.17) is 23.8 Å². The number of hydrogen-bond acceptors (Lipinski definition) is 1. The molecule has 2 aromatic carbocycles. The quantitative estimate of drug-likeness (QED) is 0.771. The van der Waals surface area contributed by atoms with Crippen molar-refractivity contribution in [3.05, 3.63) is 58.4 Å². The Morgan fingerprint density at radius 1 is 1.05 bits per heavy atom. The summed E-state index contributed by atoms with van der Waals surface area (Å²) < 4.78 is 13.6. The number of benzene rings is 2. The van der Waals surface area contributed by atoms with Gasteiger partial charge < -0.3 is 10.6 Å². The summed E-state index contributed by atoms with van der Waals surface area (Å²) in [5, 5.41) is 6.50. The Labute approximate surface area is 128 Å². The topological polar surface area (TPSA) is 24.1 Å². The largest absolute Gasteiger partial charge is 0.332 e. The molecule has 0 atom stereocenters. The van der Waals surface area contributed by atoms with Gasteiger partial charge in [-0.2, -0.15) is 0 Å². The van der Waals surface area contributed by atoms with E-state index in [0.29, 0.717) is 10.1 Å². The van der Waals surface area contributed by atoms with E-state index in [-0.39, 0.29) is 5.69 Å². The molecule has 0 aliphatic heterocycles. The van der Waals surface area contributed by atoms with Crippen LogP contribution in [0.3, 0.4) is 0 Å². The molecule has 104 valence electrons. The summed E-state index contributed by atoms with van der Waals surface area (Å²) in [6.07, 6.45) is 0. The summed E-state index contributed by atoms with van der Waals surface area (Å²) >= 11 is 10.9. The molecule has 0 radical (unpaired) electrons. The summed E-state index contributed by atoms with van der Waals surface area (Å²) in [5.74, 6) is -0.443. The van der Waals surface area contributed by atoms with E-state index in [9.17, 15) is 4.39 Å². The zero-order valence-corrected chi connectivity index (χ0v) is 12.7. The van der Waals surface area contributed by atoms with Crippen molar-refractivity contribution < 1.29 is 4.39 Å². The summed E-state index contributed by atoms with van der Waals surface area (Å²) in [7, 11) is 0. The van der Waals surface area contributed by atoms with Gasteiger partial charge in [0.05, 0.1) is 5.69 Å². The van der Waals surface area contributed by atoms with E-state index in [1.54, 1.807) is 12.1 Å². The highest BCUT2D eigenvalue weighted by molar-refractivity contribution is 7.80. The first kappa shape index (κ1) is 14.8. The molecule has 5 heteroatoms. The molecule has 0 unspecified atom stereocenters. The minimum Gasteiger partial charge on any atom is -0.332 e. The Morgan fingerprint density at radius 3 is 2.45 bits per heavy atom. The highest BCUT2D eigenvalue weighted by Gasteiger charge is 2.05. The Balaban J connectivity index is 2.07. The van der Waals surface area contributed by atoms with Crippen LogP contribution in [0.25, 0.3) is 0 Å². The van der Waals surface area contributed by atoms with Crippen molar-refractivity contribution in [2.24, 2.45) is 0 Å². The first-order valence-electron chi connectivity index (χ1n) is 6.06. The molecule has 2 N–H and O–H groups in total. The summed E-state index contributed by atoms with van der Waals surface area (Å²) in [5.41, 5.74) is 3.52. The second kappa shape index (κ2) is 6.20. The van der Waals surface area contributed by atoms with E-state index >= 15 is 0 Å². The van der Waals surface area contributed by atoms with E-state index < -0.39 is 5.82 Å². The molecule has 2 rings (SSSR count). The van der Waals surface area contributed by atoms with Gasteiger partial charge in [0.25, 0.3) is 0 Å². The molecule has 0 saturated heterocycles. The standard InChI is InChI=1S/C15H14ClFN2S/c1-9-3-5-12(7-10(9)2)18-15(20)19-14-6-4-11(16)8-13(14)17/h3-8H,1-2H3,(H2,18,19,20). The predicted octanol–water partition coefficient (Wildman–Crippen LogP) is 4.90. The molecule has 0 fully saturated rings. The molecule has 0 heterocycles. The molecule has 20 heavy (non-hydrogen) atoms. The maximum Gasteiger partial charge on any atom is 0.175 e. The van der Waals surface area contributed by atoms with Crippen LogP contribution in [0.2, 0.25) is 5.02 Å². The molecule has 0 aliphatic rings. The minimum absolute atomic E-state index is 0.288. The van der Waals surface area contributed by atoms with Crippen LogP contribution in [0, 0.1) is 19.7 Å². The van der Waals surface area contributed by atoms with E-state index in [1.165, 1.54) is 11.6 Å². The number of aryl methyl sites for hydroxylation is 2. The third-order valence-corrected chi connectivity index (χ3v) is 3.38. The van der Waals surface area contributed by atoms with Crippen molar-refractivity contribution in [1.29, 1.82) is 0 Å². The number of halogens is 2. The number of nitrogens with one attached hydrogen (secondary N) is 2. The monoisotopic (exact) mass is 308 g/mol. The van der Waals surface area contributed by atoms with Crippen molar-refractivity contribution in [3.8, 4) is 0 Å². The van der Waals surface area contributed by atoms with Gasteiger partial charge in [-0.1, -0.05) is 17.7 Å². The highest BCUT2D eigenvalue weighted by atomic mass is 35.5. The van der Waals surface area contributed by atoms with Crippen molar-refractivity contribution in [1.82, 2.24) is 0 Å². The maximum atomic E-state index is 13.6. The first-order valence-corrected chi connectivity index (χ1v) is 6.84. The second-order valence-electron chi connectivity index (χ2n) is 4.50. The van der Waals surface area contributed by atoms with Gasteiger partial charge in [-0.25, -0.2) is 4.39 Å². The van der Waals surface area contributed by atoms with Gasteiger partial charge in [-0.3, -0.25) is 0 Å². The van der Waals surface area contributed by atoms with Crippen LogP contribution in [-0.4, -0.2) is 5.11 Å². The molecule has 0 spiro atoms. The number of anilines is 2. The maximum absolute atomic E-state index is 13.6. The van der Waals surface area contributed by atoms with Crippen molar-refractivity contribution in [3.63, 3.8) is 0 Å². The Hall–Kier alpha value is -1.65. The van der Waals surface area contributed by atoms with Crippen LogP contribution >= 0.6 is 23.8 Å². The molecular formula is C15H14ClFN2S. The molecule has 2 nitrogen and oxygen atoms in total. The molecule has 0 bridgehead atoms. The molecule has 0 aliphatic carbocycles. The Morgan fingerprint density at radius 2 is 1.80 bits per heavy atom. The first-order chi connectivity index (χ1) is 9.45. The summed E-state index contributed by atoms with van der Waals surface area (Å²) in [4.78, 5) is 0. The van der Waals surface area contributed by atoms with E-state index in [2.05, 4.69) is 10.6 Å². The predicted molar refractivity (Wildman–Crippen MR) is 87.2 cm³/mol. The van der Waals surface area contributed by atoms with Crippen LogP contribution in [0.15, 0.2) is 36.4 Å². The third kappa shape index (κ3) is 3.68. The van der Waals surface area contributed by atoms with E-state index in [0.717, 1.165) is 11.3 Å². The minimum atomic E-state index is -0.443. The van der Waals surface area contributed by atoms with Gasteiger partial charge in [0.2, 0.25) is 0 Å². The van der Waals surface area contributed by atoms with Gasteiger partial charge in [0.1, 0.15) is 5.82 Å². The number of thiocarbonyl (C=S) groups is 1. The van der Waals surface area contributed by atoms with Crippen molar-refractivity contribution >= 4 is 40.3 Å². The lowest BCUT2D eigenvalue weighted by atomic mass is 10.1. The number of hydrogen-bond donors (Lipinski definition) is 2. The zero-order chi connectivity index (χ0) is 14.7. The Bertz CT molecular complexity index is 658. The van der Waals surface area contributed by atoms with Crippen LogP contribution in [-0.2, 0) is 0 Å². The average Bonchev–Trinajstić information content (AvgIpc) is 2.37. The van der Waals surface area contributed by atoms with Gasteiger partial charge in [-0.15, -0.1) is 0 Å². The highest BCUT2D eigenvalue weighted by Crippen LogP contribution is 2.19. The summed E-state index contributed by atoms with van der Waals surface area (Å²) in [6, 6.07) is 10.3. The Kier molecular flexibility index (Phi) is 4.57. The average molecular weight is 309 g/mol. The van der Waals surface area contributed by atoms with Gasteiger partial charge >= 0.3 is 0 Å². The van der Waals surface area contributed by atoms with Gasteiger partial charge in [0, 0.05) is 10.7 Å². The molecule has 0 saturated carbocycles. The molecular weight excluding hydrogens is 295 g/mol. The van der Waals surface area contributed by atoms with Crippen molar-refractivity contribution in [2.45, 2.75) is 13.8 Å². The fourth-order valence-corrected chi connectivity index (χ4v) is 2.08. The van der Waals surface area contributed by atoms with Crippen molar-refractivity contribution in [2.75, 3.05) is 10.6 Å². The van der Waals surface area contributed by atoms with Gasteiger partial charge in [-0.05, 0) is 67.5 Å². The number of rotatable bonds is 2. The third-order valence-electron chi connectivity index (χ3n) is 2.94. The van der Waals surface area contributed by atoms with Crippen LogP contribution < -0.4 is 10.6 Å². The lowest BCUT2D eigenvalue weighted by Crippen LogP contribution is -2.19. The molecule has 2 aromatic rings.